The number of methoxy groups -OCH3 is 1. The highest BCUT2D eigenvalue weighted by molar-refractivity contribution is 6.30. The van der Waals surface area contributed by atoms with Crippen molar-refractivity contribution in [3.8, 4) is 0 Å². The second-order valence-corrected chi connectivity index (χ2v) is 3.14. The molecule has 0 atom stereocenters. The van der Waals surface area contributed by atoms with Gasteiger partial charge in [0.15, 0.2) is 0 Å². The third-order valence-corrected chi connectivity index (χ3v) is 1.83. The number of halogens is 2. The third-order valence-electron chi connectivity index (χ3n) is 1.62. The first-order valence-electron chi connectivity index (χ1n) is 4.18. The maximum atomic E-state index is 13.1. The summed E-state index contributed by atoms with van der Waals surface area (Å²) in [6.45, 7) is 0. The fraction of sp³-hybridized carbons (Fsp3) is 0.200. The molecule has 0 aromatic carbocycles. The molecule has 0 bridgehead atoms. The number of rotatable bonds is 3. The Balaban J connectivity index is 2.68. The highest BCUT2D eigenvalue weighted by atomic mass is 35.5. The van der Waals surface area contributed by atoms with E-state index in [4.69, 9.17) is 11.6 Å². The van der Waals surface area contributed by atoms with Crippen LogP contribution in [0, 0.1) is 5.82 Å². The van der Waals surface area contributed by atoms with E-state index in [0.29, 0.717) is 0 Å². The molecule has 0 spiro atoms. The summed E-state index contributed by atoms with van der Waals surface area (Å²) in [6.07, 6.45) is 4.30. The van der Waals surface area contributed by atoms with Crippen LogP contribution in [0.25, 0.3) is 6.08 Å². The summed E-state index contributed by atoms with van der Waals surface area (Å²) in [7, 11) is 1.29. The van der Waals surface area contributed by atoms with E-state index in [0.717, 1.165) is 6.07 Å². The van der Waals surface area contributed by atoms with Gasteiger partial charge in [-0.1, -0.05) is 17.7 Å². The maximum absolute atomic E-state index is 13.1. The van der Waals surface area contributed by atoms with Crippen molar-refractivity contribution in [2.45, 2.75) is 6.42 Å². The van der Waals surface area contributed by atoms with Gasteiger partial charge in [0.25, 0.3) is 0 Å². The van der Waals surface area contributed by atoms with Gasteiger partial charge >= 0.3 is 5.97 Å². The minimum absolute atomic E-state index is 0.0836. The first-order valence-corrected chi connectivity index (χ1v) is 4.55. The second kappa shape index (κ2) is 5.46. The van der Waals surface area contributed by atoms with E-state index in [2.05, 4.69) is 9.72 Å². The van der Waals surface area contributed by atoms with Gasteiger partial charge in [0.2, 0.25) is 0 Å². The highest BCUT2D eigenvalue weighted by Gasteiger charge is 2.01. The van der Waals surface area contributed by atoms with Crippen molar-refractivity contribution in [2.24, 2.45) is 0 Å². The number of hydrogen-bond acceptors (Lipinski definition) is 3. The summed E-state index contributed by atoms with van der Waals surface area (Å²) in [5.74, 6) is -0.913. The van der Waals surface area contributed by atoms with Crippen molar-refractivity contribution in [1.29, 1.82) is 0 Å². The van der Waals surface area contributed by atoms with E-state index in [1.807, 2.05) is 0 Å². The normalized spacial score (nSPS) is 10.6. The first kappa shape index (κ1) is 11.7. The molecule has 0 saturated carbocycles. The molecule has 5 heteroatoms. The topological polar surface area (TPSA) is 39.2 Å². The average Bonchev–Trinajstić information content (AvgIpc) is 2.21. The molecule has 0 aliphatic carbocycles. The Bertz CT molecular complexity index is 393. The minimum Gasteiger partial charge on any atom is -0.469 e. The number of pyridine rings is 1. The molecule has 0 amide bonds. The molecule has 0 radical (unpaired) electrons. The molecule has 0 unspecified atom stereocenters. The number of carbonyl (C=O) groups excluding carboxylic acids is 1. The Kier molecular flexibility index (Phi) is 4.24. The molecule has 1 heterocycles. The van der Waals surface area contributed by atoms with Crippen LogP contribution in [0.2, 0.25) is 5.02 Å². The van der Waals surface area contributed by atoms with Crippen molar-refractivity contribution < 1.29 is 13.9 Å². The molecule has 15 heavy (non-hydrogen) atoms. The van der Waals surface area contributed by atoms with Crippen molar-refractivity contribution in [1.82, 2.24) is 4.98 Å². The van der Waals surface area contributed by atoms with Crippen molar-refractivity contribution in [3.05, 3.63) is 34.9 Å². The predicted molar refractivity (Wildman–Crippen MR) is 54.9 cm³/mol. The largest absolute Gasteiger partial charge is 0.469 e. The minimum atomic E-state index is -0.524. The van der Waals surface area contributed by atoms with Crippen molar-refractivity contribution in [2.75, 3.05) is 7.11 Å². The lowest BCUT2D eigenvalue weighted by Gasteiger charge is -1.96. The highest BCUT2D eigenvalue weighted by Crippen LogP contribution is 2.12. The molecule has 1 aromatic heterocycles. The van der Waals surface area contributed by atoms with Crippen LogP contribution in [0.1, 0.15) is 12.1 Å². The lowest BCUT2D eigenvalue weighted by atomic mass is 10.3. The summed E-state index contributed by atoms with van der Waals surface area (Å²) in [4.78, 5) is 14.5. The monoisotopic (exact) mass is 229 g/mol. The van der Waals surface area contributed by atoms with Gasteiger partial charge in [-0.25, -0.2) is 4.39 Å². The van der Waals surface area contributed by atoms with E-state index < -0.39 is 5.82 Å². The molecular weight excluding hydrogens is 221 g/mol. The van der Waals surface area contributed by atoms with Gasteiger partial charge in [0.05, 0.1) is 24.2 Å². The predicted octanol–water partition coefficient (Wildman–Crippen LogP) is 2.45. The van der Waals surface area contributed by atoms with Crippen LogP contribution in [0.4, 0.5) is 4.39 Å². The molecule has 0 aliphatic rings. The molecule has 1 rings (SSSR count). The van der Waals surface area contributed by atoms with E-state index in [1.54, 1.807) is 0 Å². The molecule has 0 saturated heterocycles. The summed E-state index contributed by atoms with van der Waals surface area (Å²) in [5.41, 5.74) is 0.142. The number of esters is 1. The van der Waals surface area contributed by atoms with Crippen LogP contribution in [0.3, 0.4) is 0 Å². The van der Waals surface area contributed by atoms with Crippen LogP contribution >= 0.6 is 11.6 Å². The Hall–Kier alpha value is -1.42. The molecule has 3 nitrogen and oxygen atoms in total. The van der Waals surface area contributed by atoms with E-state index in [9.17, 15) is 9.18 Å². The van der Waals surface area contributed by atoms with Crippen LogP contribution in [-0.2, 0) is 9.53 Å². The Morgan fingerprint density at radius 3 is 3.07 bits per heavy atom. The summed E-state index contributed by atoms with van der Waals surface area (Å²) in [5, 5.41) is 0.234. The second-order valence-electron chi connectivity index (χ2n) is 2.70. The summed E-state index contributed by atoms with van der Waals surface area (Å²) in [6, 6.07) is 1.16. The zero-order valence-corrected chi connectivity index (χ0v) is 8.79. The average molecular weight is 230 g/mol. The van der Waals surface area contributed by atoms with E-state index >= 15 is 0 Å². The van der Waals surface area contributed by atoms with Gasteiger partial charge in [0.1, 0.15) is 5.82 Å². The van der Waals surface area contributed by atoms with Gasteiger partial charge in [-0.2, -0.15) is 0 Å². The van der Waals surface area contributed by atoms with Crippen LogP contribution in [-0.4, -0.2) is 18.1 Å². The fourth-order valence-electron chi connectivity index (χ4n) is 0.898. The molecule has 0 fully saturated rings. The molecule has 80 valence electrons. The zero-order valence-electron chi connectivity index (χ0n) is 8.04. The number of carbonyl (C=O) groups is 1. The zero-order chi connectivity index (χ0) is 11.3. The van der Waals surface area contributed by atoms with Gasteiger partial charge in [-0.05, 0) is 12.1 Å². The van der Waals surface area contributed by atoms with Gasteiger partial charge in [-0.3, -0.25) is 9.78 Å². The first-order chi connectivity index (χ1) is 7.13. The molecule has 0 N–H and O–H groups in total. The fourth-order valence-corrected chi connectivity index (χ4v) is 1.04. The number of aromatic nitrogens is 1. The van der Waals surface area contributed by atoms with Crippen LogP contribution < -0.4 is 0 Å². The van der Waals surface area contributed by atoms with Crippen LogP contribution in [0.5, 0.6) is 0 Å². The van der Waals surface area contributed by atoms with Crippen molar-refractivity contribution in [3.63, 3.8) is 0 Å². The lowest BCUT2D eigenvalue weighted by Crippen LogP contribution is -1.97. The lowest BCUT2D eigenvalue weighted by molar-refractivity contribution is -0.139. The SMILES string of the molecule is COC(=O)CC=Cc1ncc(Cl)cc1F. The number of ether oxygens (including phenoxy) is 1. The number of nitrogens with zero attached hydrogens (tertiary/aromatic N) is 1. The quantitative estimate of drug-likeness (QED) is 0.748. The molecule has 1 aromatic rings. The Labute approximate surface area is 91.5 Å². The van der Waals surface area contributed by atoms with Crippen LogP contribution in [0.15, 0.2) is 18.3 Å². The Morgan fingerprint density at radius 1 is 1.73 bits per heavy atom. The maximum Gasteiger partial charge on any atom is 0.309 e. The standard InChI is InChI=1S/C10H9ClFNO2/c1-15-10(14)4-2-3-9-8(12)5-7(11)6-13-9/h2-3,5-6H,4H2,1H3. The smallest absolute Gasteiger partial charge is 0.309 e. The third kappa shape index (κ3) is 3.67. The summed E-state index contributed by atoms with van der Waals surface area (Å²) >= 11 is 5.52. The van der Waals surface area contributed by atoms with E-state index in [-0.39, 0.29) is 23.1 Å². The molecule has 0 aliphatic heterocycles. The Morgan fingerprint density at radius 2 is 2.47 bits per heavy atom. The van der Waals surface area contributed by atoms with Crippen molar-refractivity contribution >= 4 is 23.6 Å². The van der Waals surface area contributed by atoms with E-state index in [1.165, 1.54) is 25.5 Å². The summed E-state index contributed by atoms with van der Waals surface area (Å²) < 4.78 is 17.6. The van der Waals surface area contributed by atoms with Gasteiger partial charge in [0, 0.05) is 6.20 Å². The van der Waals surface area contributed by atoms with Gasteiger partial charge in [-0.15, -0.1) is 0 Å². The molecular formula is C10H9ClFNO2. The number of hydrogen-bond donors (Lipinski definition) is 0. The van der Waals surface area contributed by atoms with Gasteiger partial charge < -0.3 is 4.74 Å².